The molecule has 2 nitrogen and oxygen atoms in total. The van der Waals surface area contributed by atoms with Gasteiger partial charge in [0, 0.05) is 32.5 Å². The van der Waals surface area contributed by atoms with Gasteiger partial charge >= 0.3 is 0 Å². The SMILES string of the molecule is c1ccc(-c2nc3ccccc3c3c2ccc2c4cc(-c5ccc(-c6cc7ccccc7c7ccccc67)cc5)ccc4oc23)cc1. The zero-order valence-corrected chi connectivity index (χ0v) is 25.4. The monoisotopic (exact) mass is 597 g/mol. The van der Waals surface area contributed by atoms with Crippen molar-refractivity contribution < 1.29 is 4.42 Å². The zero-order chi connectivity index (χ0) is 30.9. The van der Waals surface area contributed by atoms with Crippen LogP contribution in [-0.4, -0.2) is 4.98 Å². The Labute approximate surface area is 271 Å². The summed E-state index contributed by atoms with van der Waals surface area (Å²) in [6, 6.07) is 58.4. The minimum Gasteiger partial charge on any atom is -0.455 e. The Bertz CT molecular complexity index is 2830. The van der Waals surface area contributed by atoms with Crippen molar-refractivity contribution in [1.29, 1.82) is 0 Å². The molecule has 2 aromatic heterocycles. The van der Waals surface area contributed by atoms with Gasteiger partial charge in [0.2, 0.25) is 0 Å². The van der Waals surface area contributed by atoms with Crippen molar-refractivity contribution in [2.24, 2.45) is 0 Å². The van der Waals surface area contributed by atoms with Crippen LogP contribution in [0, 0.1) is 0 Å². The predicted molar refractivity (Wildman–Crippen MR) is 198 cm³/mol. The van der Waals surface area contributed by atoms with Crippen molar-refractivity contribution in [3.63, 3.8) is 0 Å². The lowest BCUT2D eigenvalue weighted by Gasteiger charge is -2.12. The van der Waals surface area contributed by atoms with Gasteiger partial charge in [-0.25, -0.2) is 4.98 Å². The number of para-hydroxylation sites is 1. The number of nitrogens with zero attached hydrogens (tertiary/aromatic N) is 1. The fraction of sp³-hybridized carbons (Fsp3) is 0. The summed E-state index contributed by atoms with van der Waals surface area (Å²) < 4.78 is 6.68. The van der Waals surface area contributed by atoms with E-state index < -0.39 is 0 Å². The Morgan fingerprint density at radius 1 is 0.383 bits per heavy atom. The van der Waals surface area contributed by atoms with Gasteiger partial charge in [0.1, 0.15) is 11.2 Å². The van der Waals surface area contributed by atoms with Crippen LogP contribution in [0.4, 0.5) is 0 Å². The molecule has 0 unspecified atom stereocenters. The molecular weight excluding hydrogens is 571 g/mol. The summed E-state index contributed by atoms with van der Waals surface area (Å²) in [6.45, 7) is 0. The minimum atomic E-state index is 0.887. The second kappa shape index (κ2) is 10.1. The van der Waals surface area contributed by atoms with Crippen LogP contribution in [0.2, 0.25) is 0 Å². The Morgan fingerprint density at radius 3 is 1.89 bits per heavy atom. The van der Waals surface area contributed by atoms with Crippen LogP contribution >= 0.6 is 0 Å². The number of hydrogen-bond acceptors (Lipinski definition) is 2. The van der Waals surface area contributed by atoms with Gasteiger partial charge in [0.15, 0.2) is 0 Å². The Morgan fingerprint density at radius 2 is 1.04 bits per heavy atom. The van der Waals surface area contributed by atoms with E-state index in [4.69, 9.17) is 9.40 Å². The maximum absolute atomic E-state index is 6.68. The van der Waals surface area contributed by atoms with Gasteiger partial charge in [-0.2, -0.15) is 0 Å². The number of pyridine rings is 1. The minimum absolute atomic E-state index is 0.887. The maximum atomic E-state index is 6.68. The third kappa shape index (κ3) is 4.02. The molecule has 0 saturated heterocycles. The Hall–Kier alpha value is -6.25. The molecule has 0 radical (unpaired) electrons. The van der Waals surface area contributed by atoms with E-state index in [0.29, 0.717) is 0 Å². The van der Waals surface area contributed by atoms with Gasteiger partial charge in [-0.15, -0.1) is 0 Å². The molecule has 0 saturated carbocycles. The number of fused-ring (bicyclic) bond motifs is 10. The highest BCUT2D eigenvalue weighted by Crippen LogP contribution is 2.42. The van der Waals surface area contributed by atoms with Crippen molar-refractivity contribution in [2.45, 2.75) is 0 Å². The Kier molecular flexibility index (Phi) is 5.61. The number of rotatable bonds is 3. The quantitative estimate of drug-likeness (QED) is 0.189. The summed E-state index contributed by atoms with van der Waals surface area (Å²) in [5, 5.41) is 10.6. The van der Waals surface area contributed by atoms with Gasteiger partial charge in [0.05, 0.1) is 11.2 Å². The highest BCUT2D eigenvalue weighted by Gasteiger charge is 2.18. The van der Waals surface area contributed by atoms with E-state index in [1.807, 2.05) is 6.07 Å². The molecule has 0 aliphatic heterocycles. The first-order valence-corrected chi connectivity index (χ1v) is 16.0. The fourth-order valence-corrected chi connectivity index (χ4v) is 7.40. The summed E-state index contributed by atoms with van der Waals surface area (Å²) >= 11 is 0. The topological polar surface area (TPSA) is 26.0 Å². The first-order chi connectivity index (χ1) is 23.3. The van der Waals surface area contributed by atoms with Crippen molar-refractivity contribution in [3.8, 4) is 33.5 Å². The molecule has 0 atom stereocenters. The third-order valence-corrected chi connectivity index (χ3v) is 9.64. The fourth-order valence-electron chi connectivity index (χ4n) is 7.40. The molecule has 0 fully saturated rings. The average Bonchev–Trinajstić information content (AvgIpc) is 3.53. The van der Waals surface area contributed by atoms with E-state index in [2.05, 4.69) is 158 Å². The van der Waals surface area contributed by atoms with Gasteiger partial charge in [-0.3, -0.25) is 0 Å². The Balaban J connectivity index is 1.12. The van der Waals surface area contributed by atoms with Crippen LogP contribution in [0.15, 0.2) is 168 Å². The van der Waals surface area contributed by atoms with Crippen molar-refractivity contribution in [2.75, 3.05) is 0 Å². The van der Waals surface area contributed by atoms with E-state index in [1.165, 1.54) is 43.8 Å². The summed E-state index contributed by atoms with van der Waals surface area (Å²) in [7, 11) is 0. The average molecular weight is 598 g/mol. The van der Waals surface area contributed by atoms with E-state index in [0.717, 1.165) is 54.9 Å². The largest absolute Gasteiger partial charge is 0.455 e. The normalized spacial score (nSPS) is 11.8. The number of benzene rings is 8. The van der Waals surface area contributed by atoms with Crippen molar-refractivity contribution in [1.82, 2.24) is 4.98 Å². The smallest absolute Gasteiger partial charge is 0.144 e. The van der Waals surface area contributed by atoms with Gasteiger partial charge in [-0.05, 0) is 74.1 Å². The molecule has 10 rings (SSSR count). The summed E-state index contributed by atoms with van der Waals surface area (Å²) in [5.41, 5.74) is 9.64. The number of aromatic nitrogens is 1. The molecule has 2 heteroatoms. The first-order valence-electron chi connectivity index (χ1n) is 16.0. The zero-order valence-electron chi connectivity index (χ0n) is 25.4. The molecule has 0 aliphatic rings. The summed E-state index contributed by atoms with van der Waals surface area (Å²) in [5.74, 6) is 0. The van der Waals surface area contributed by atoms with Crippen LogP contribution in [0.1, 0.15) is 0 Å². The van der Waals surface area contributed by atoms with Gasteiger partial charge < -0.3 is 4.42 Å². The summed E-state index contributed by atoms with van der Waals surface area (Å²) in [6.07, 6.45) is 0. The molecule has 2 heterocycles. The number of furan rings is 1. The predicted octanol–water partition coefficient (Wildman–Crippen LogP) is 12.6. The van der Waals surface area contributed by atoms with Crippen molar-refractivity contribution in [3.05, 3.63) is 164 Å². The molecule has 0 spiro atoms. The molecule has 0 N–H and O–H groups in total. The molecule has 0 aliphatic carbocycles. The van der Waals surface area contributed by atoms with E-state index >= 15 is 0 Å². The molecule has 10 aromatic rings. The lowest BCUT2D eigenvalue weighted by atomic mass is 9.92. The molecular formula is C45H27NO. The maximum Gasteiger partial charge on any atom is 0.144 e. The van der Waals surface area contributed by atoms with Gasteiger partial charge in [-0.1, -0.05) is 133 Å². The highest BCUT2D eigenvalue weighted by molar-refractivity contribution is 6.25. The molecule has 0 bridgehead atoms. The van der Waals surface area contributed by atoms with Crippen LogP contribution < -0.4 is 0 Å². The van der Waals surface area contributed by atoms with Crippen LogP contribution in [0.25, 0.3) is 98.7 Å². The van der Waals surface area contributed by atoms with Crippen LogP contribution in [-0.2, 0) is 0 Å². The van der Waals surface area contributed by atoms with E-state index in [1.54, 1.807) is 0 Å². The van der Waals surface area contributed by atoms with Crippen molar-refractivity contribution >= 4 is 65.2 Å². The molecule has 47 heavy (non-hydrogen) atoms. The van der Waals surface area contributed by atoms with E-state index in [9.17, 15) is 0 Å². The van der Waals surface area contributed by atoms with E-state index in [-0.39, 0.29) is 0 Å². The highest BCUT2D eigenvalue weighted by atomic mass is 16.3. The molecule has 218 valence electrons. The molecule has 0 amide bonds. The van der Waals surface area contributed by atoms with Crippen LogP contribution in [0.5, 0.6) is 0 Å². The lowest BCUT2D eigenvalue weighted by molar-refractivity contribution is 0.673. The van der Waals surface area contributed by atoms with Gasteiger partial charge in [0.25, 0.3) is 0 Å². The standard InChI is InChI=1S/C45H27NO/c1-2-10-30(11-3-1)44-38-24-23-36-40-26-31(22-25-42(40)47-45(36)43(38)37-16-8-9-17-41(37)46-44)28-18-20-29(21-19-28)39-27-32-12-4-5-13-33(32)34-14-6-7-15-35(34)39/h1-27H. The number of hydrogen-bond donors (Lipinski definition) is 0. The first kappa shape index (κ1) is 26.0. The second-order valence-electron chi connectivity index (χ2n) is 12.3. The summed E-state index contributed by atoms with van der Waals surface area (Å²) in [4.78, 5) is 5.11. The lowest BCUT2D eigenvalue weighted by Crippen LogP contribution is -1.89. The second-order valence-corrected chi connectivity index (χ2v) is 12.3. The van der Waals surface area contributed by atoms with Crippen LogP contribution in [0.3, 0.4) is 0 Å². The molecule has 8 aromatic carbocycles. The third-order valence-electron chi connectivity index (χ3n) is 9.64.